The van der Waals surface area contributed by atoms with Gasteiger partial charge in [0.2, 0.25) is 0 Å². The van der Waals surface area contributed by atoms with Gasteiger partial charge in [0.1, 0.15) is 0 Å². The second-order valence-electron chi connectivity index (χ2n) is 9.14. The number of alkyl halides is 3. The van der Waals surface area contributed by atoms with E-state index in [-0.39, 0.29) is 35.1 Å². The van der Waals surface area contributed by atoms with Gasteiger partial charge in [-0.3, -0.25) is 9.59 Å². The number of hydrogen-bond acceptors (Lipinski definition) is 3. The highest BCUT2D eigenvalue weighted by Crippen LogP contribution is 2.38. The number of rotatable bonds is 5. The molecule has 1 saturated heterocycles. The Labute approximate surface area is 231 Å². The summed E-state index contributed by atoms with van der Waals surface area (Å²) in [6.45, 7) is 0.162. The van der Waals surface area contributed by atoms with Crippen LogP contribution in [0.4, 0.5) is 13.2 Å². The van der Waals surface area contributed by atoms with Gasteiger partial charge < -0.3 is 10.0 Å². The van der Waals surface area contributed by atoms with Crippen molar-refractivity contribution in [1.82, 2.24) is 14.7 Å². The van der Waals surface area contributed by atoms with Crippen LogP contribution in [0.2, 0.25) is 10.0 Å². The number of benzene rings is 3. The van der Waals surface area contributed by atoms with Crippen LogP contribution in [-0.2, 0) is 11.0 Å². The first-order chi connectivity index (χ1) is 18.5. The SMILES string of the molecule is O=C(O)[C@@H]1CN(C(=O)c2ccc(-c3cc(C(F)(F)F)nn3-c3ccccc3Cl)cc2)C[C@H]1c1ccccc1Cl. The van der Waals surface area contributed by atoms with Crippen LogP contribution < -0.4 is 0 Å². The van der Waals surface area contributed by atoms with Gasteiger partial charge in [0.15, 0.2) is 5.69 Å². The molecular weight excluding hydrogens is 554 g/mol. The molecule has 6 nitrogen and oxygen atoms in total. The van der Waals surface area contributed by atoms with Gasteiger partial charge in [-0.1, -0.05) is 65.7 Å². The number of carbonyl (C=O) groups is 2. The Kier molecular flexibility index (Phi) is 7.13. The van der Waals surface area contributed by atoms with E-state index in [9.17, 15) is 27.9 Å². The minimum absolute atomic E-state index is 0.0000272. The number of amides is 1. The summed E-state index contributed by atoms with van der Waals surface area (Å²) in [6, 6.07) is 20.3. The van der Waals surface area contributed by atoms with Gasteiger partial charge in [0, 0.05) is 35.2 Å². The van der Waals surface area contributed by atoms with E-state index in [1.807, 2.05) is 0 Å². The Morgan fingerprint density at radius 2 is 1.54 bits per heavy atom. The van der Waals surface area contributed by atoms with E-state index in [0.29, 0.717) is 16.1 Å². The zero-order valence-electron chi connectivity index (χ0n) is 20.1. The molecule has 1 aliphatic rings. The number of para-hydroxylation sites is 1. The van der Waals surface area contributed by atoms with Crippen molar-refractivity contribution in [3.63, 3.8) is 0 Å². The molecule has 0 spiro atoms. The van der Waals surface area contributed by atoms with Crippen LogP contribution >= 0.6 is 23.2 Å². The van der Waals surface area contributed by atoms with Crippen molar-refractivity contribution in [2.75, 3.05) is 13.1 Å². The lowest BCUT2D eigenvalue weighted by Gasteiger charge is -2.17. The molecule has 200 valence electrons. The molecule has 2 heterocycles. The predicted octanol–water partition coefficient (Wildman–Crippen LogP) is 6.81. The fourth-order valence-corrected chi connectivity index (χ4v) is 5.30. The van der Waals surface area contributed by atoms with E-state index >= 15 is 0 Å². The minimum atomic E-state index is -4.67. The molecule has 0 unspecified atom stereocenters. The van der Waals surface area contributed by atoms with Crippen molar-refractivity contribution >= 4 is 35.1 Å². The molecular formula is C28H20Cl2F3N3O3. The molecule has 4 aromatic rings. The second kappa shape index (κ2) is 10.4. The number of halogens is 5. The standard InChI is InChI=1S/C28H20Cl2F3N3O3/c29-21-6-2-1-5-18(21)19-14-35(15-20(19)27(38)39)26(37)17-11-9-16(10-12-17)24-13-25(28(31,32)33)34-36(24)23-8-4-3-7-22(23)30/h1-13,19-20H,14-15H2,(H,38,39)/t19-,20+/m0/s1. The summed E-state index contributed by atoms with van der Waals surface area (Å²) in [5.41, 5.74) is 0.633. The summed E-state index contributed by atoms with van der Waals surface area (Å²) in [6.07, 6.45) is -4.67. The molecule has 1 aromatic heterocycles. The number of hydrogen-bond donors (Lipinski definition) is 1. The first kappa shape index (κ1) is 26.8. The Bertz CT molecular complexity index is 1550. The average molecular weight is 574 g/mol. The fraction of sp³-hybridized carbons (Fsp3) is 0.179. The molecule has 0 bridgehead atoms. The summed E-state index contributed by atoms with van der Waals surface area (Å²) in [5, 5.41) is 14.2. The quantitative estimate of drug-likeness (QED) is 0.285. The van der Waals surface area contributed by atoms with Crippen molar-refractivity contribution < 1.29 is 27.9 Å². The molecule has 0 saturated carbocycles. The maximum atomic E-state index is 13.5. The number of likely N-dealkylation sites (tertiary alicyclic amines) is 1. The Hall–Kier alpha value is -3.82. The third-order valence-corrected chi connectivity index (χ3v) is 7.40. The van der Waals surface area contributed by atoms with Crippen molar-refractivity contribution in [3.8, 4) is 16.9 Å². The van der Waals surface area contributed by atoms with E-state index in [4.69, 9.17) is 23.2 Å². The van der Waals surface area contributed by atoms with Crippen LogP contribution in [0.15, 0.2) is 78.9 Å². The Balaban J connectivity index is 1.44. The maximum absolute atomic E-state index is 13.5. The third-order valence-electron chi connectivity index (χ3n) is 6.74. The molecule has 1 N–H and O–H groups in total. The predicted molar refractivity (Wildman–Crippen MR) is 140 cm³/mol. The monoisotopic (exact) mass is 573 g/mol. The van der Waals surface area contributed by atoms with Crippen molar-refractivity contribution in [2.24, 2.45) is 5.92 Å². The van der Waals surface area contributed by atoms with Crippen molar-refractivity contribution in [1.29, 1.82) is 0 Å². The number of carbonyl (C=O) groups excluding carboxylic acids is 1. The smallest absolute Gasteiger partial charge is 0.435 e. The molecule has 0 radical (unpaired) electrons. The second-order valence-corrected chi connectivity index (χ2v) is 9.95. The zero-order chi connectivity index (χ0) is 27.9. The number of carboxylic acids is 1. The van der Waals surface area contributed by atoms with Gasteiger partial charge in [-0.25, -0.2) is 4.68 Å². The molecule has 11 heteroatoms. The zero-order valence-corrected chi connectivity index (χ0v) is 21.6. The molecule has 1 amide bonds. The van der Waals surface area contributed by atoms with Gasteiger partial charge in [0.25, 0.3) is 5.91 Å². The average Bonchev–Trinajstić information content (AvgIpc) is 3.55. The minimum Gasteiger partial charge on any atom is -0.481 e. The first-order valence-electron chi connectivity index (χ1n) is 11.8. The lowest BCUT2D eigenvalue weighted by atomic mass is 9.89. The van der Waals surface area contributed by atoms with Gasteiger partial charge in [0.05, 0.1) is 22.3 Å². The van der Waals surface area contributed by atoms with Crippen LogP contribution in [0.1, 0.15) is 27.5 Å². The molecule has 5 rings (SSSR count). The molecule has 2 atom stereocenters. The van der Waals surface area contributed by atoms with E-state index < -0.39 is 35.6 Å². The van der Waals surface area contributed by atoms with Crippen LogP contribution in [-0.4, -0.2) is 44.8 Å². The third kappa shape index (κ3) is 5.24. The summed E-state index contributed by atoms with van der Waals surface area (Å²) in [7, 11) is 0. The lowest BCUT2D eigenvalue weighted by molar-refractivity contribution is -0.142. The number of aromatic nitrogens is 2. The largest absolute Gasteiger partial charge is 0.481 e. The molecule has 3 aromatic carbocycles. The van der Waals surface area contributed by atoms with Gasteiger partial charge in [-0.15, -0.1) is 0 Å². The number of aliphatic carboxylic acids is 1. The topological polar surface area (TPSA) is 75.4 Å². The normalized spacial score (nSPS) is 17.4. The summed E-state index contributed by atoms with van der Waals surface area (Å²) >= 11 is 12.5. The van der Waals surface area contributed by atoms with Crippen LogP contribution in [0.5, 0.6) is 0 Å². The molecule has 0 aliphatic carbocycles. The summed E-state index contributed by atoms with van der Waals surface area (Å²) in [5.74, 6) is -2.74. The highest BCUT2D eigenvalue weighted by molar-refractivity contribution is 6.32. The van der Waals surface area contributed by atoms with Gasteiger partial charge in [-0.05, 0) is 42.0 Å². The van der Waals surface area contributed by atoms with Crippen molar-refractivity contribution in [3.05, 3.63) is 106 Å². The van der Waals surface area contributed by atoms with Crippen LogP contribution in [0, 0.1) is 5.92 Å². The van der Waals surface area contributed by atoms with Crippen LogP contribution in [0.25, 0.3) is 16.9 Å². The lowest BCUT2D eigenvalue weighted by Crippen LogP contribution is -2.29. The van der Waals surface area contributed by atoms with E-state index in [1.165, 1.54) is 29.2 Å². The van der Waals surface area contributed by atoms with Gasteiger partial charge >= 0.3 is 12.1 Å². The van der Waals surface area contributed by atoms with Crippen molar-refractivity contribution in [2.45, 2.75) is 12.1 Å². The first-order valence-corrected chi connectivity index (χ1v) is 12.6. The highest BCUT2D eigenvalue weighted by Gasteiger charge is 2.41. The number of nitrogens with zero attached hydrogens (tertiary/aromatic N) is 3. The maximum Gasteiger partial charge on any atom is 0.435 e. The summed E-state index contributed by atoms with van der Waals surface area (Å²) < 4.78 is 41.7. The van der Waals surface area contributed by atoms with E-state index in [0.717, 1.165) is 10.7 Å². The van der Waals surface area contributed by atoms with Crippen LogP contribution in [0.3, 0.4) is 0 Å². The molecule has 39 heavy (non-hydrogen) atoms. The summed E-state index contributed by atoms with van der Waals surface area (Å²) in [4.78, 5) is 26.7. The number of carboxylic acid groups (broad SMARTS) is 1. The van der Waals surface area contributed by atoms with Gasteiger partial charge in [-0.2, -0.15) is 18.3 Å². The molecule has 1 fully saturated rings. The molecule has 1 aliphatic heterocycles. The highest BCUT2D eigenvalue weighted by atomic mass is 35.5. The fourth-order valence-electron chi connectivity index (χ4n) is 4.81. The van der Waals surface area contributed by atoms with E-state index in [2.05, 4.69) is 5.10 Å². The van der Waals surface area contributed by atoms with E-state index in [1.54, 1.807) is 48.5 Å². The Morgan fingerprint density at radius 1 is 0.897 bits per heavy atom. The Morgan fingerprint density at radius 3 is 2.15 bits per heavy atom.